The van der Waals surface area contributed by atoms with Crippen LogP contribution < -0.4 is 5.56 Å². The second-order valence-electron chi connectivity index (χ2n) is 7.90. The molecule has 0 spiro atoms. The van der Waals surface area contributed by atoms with Crippen LogP contribution >= 0.6 is 23.4 Å². The Balaban J connectivity index is 1.61. The lowest BCUT2D eigenvalue weighted by Gasteiger charge is -2.17. The molecule has 33 heavy (non-hydrogen) atoms. The first-order chi connectivity index (χ1) is 16.0. The van der Waals surface area contributed by atoms with Crippen molar-refractivity contribution in [1.82, 2.24) is 14.5 Å². The lowest BCUT2D eigenvalue weighted by molar-refractivity contribution is -0.384. The number of aromatic nitrogens is 3. The van der Waals surface area contributed by atoms with Gasteiger partial charge in [-0.3, -0.25) is 19.5 Å². The summed E-state index contributed by atoms with van der Waals surface area (Å²) in [7, 11) is 0. The van der Waals surface area contributed by atoms with E-state index in [9.17, 15) is 14.9 Å². The fraction of sp³-hybridized carbons (Fsp3) is 0.208. The number of fused-ring (bicyclic) bond motifs is 2. The summed E-state index contributed by atoms with van der Waals surface area (Å²) < 4.78 is 1.57. The summed E-state index contributed by atoms with van der Waals surface area (Å²) in [6, 6.07) is 15.4. The largest absolute Gasteiger partial charge is 0.269 e. The van der Waals surface area contributed by atoms with Crippen LogP contribution in [0.25, 0.3) is 16.7 Å². The second kappa shape index (κ2) is 8.96. The molecule has 0 unspecified atom stereocenters. The van der Waals surface area contributed by atoms with Crippen molar-refractivity contribution in [3.8, 4) is 5.69 Å². The van der Waals surface area contributed by atoms with E-state index in [1.54, 1.807) is 34.9 Å². The highest BCUT2D eigenvalue weighted by Gasteiger charge is 2.19. The van der Waals surface area contributed by atoms with E-state index < -0.39 is 4.92 Å². The molecular formula is C24H19ClN4O3S. The molecule has 1 aliphatic rings. The minimum absolute atomic E-state index is 0.0392. The summed E-state index contributed by atoms with van der Waals surface area (Å²) in [4.78, 5) is 33.6. The predicted molar refractivity (Wildman–Crippen MR) is 129 cm³/mol. The zero-order chi connectivity index (χ0) is 22.9. The Morgan fingerprint density at radius 1 is 1.06 bits per heavy atom. The van der Waals surface area contributed by atoms with Gasteiger partial charge in [-0.05, 0) is 61.1 Å². The predicted octanol–water partition coefficient (Wildman–Crippen LogP) is 5.51. The Morgan fingerprint density at radius 3 is 2.61 bits per heavy atom. The summed E-state index contributed by atoms with van der Waals surface area (Å²) in [6.07, 6.45) is 4.01. The van der Waals surface area contributed by atoms with E-state index in [0.717, 1.165) is 42.5 Å². The Labute approximate surface area is 198 Å². The van der Waals surface area contributed by atoms with Crippen molar-refractivity contribution in [1.29, 1.82) is 0 Å². The van der Waals surface area contributed by atoms with Gasteiger partial charge in [-0.15, -0.1) is 0 Å². The number of halogens is 1. The normalized spacial score (nSPS) is 13.1. The molecule has 0 aliphatic heterocycles. The number of rotatable bonds is 5. The molecule has 2 aromatic carbocycles. The third-order valence-electron chi connectivity index (χ3n) is 5.69. The van der Waals surface area contributed by atoms with Gasteiger partial charge in [0.1, 0.15) is 0 Å². The number of nitro groups is 1. The maximum absolute atomic E-state index is 13.6. The lowest BCUT2D eigenvalue weighted by Crippen LogP contribution is -2.23. The van der Waals surface area contributed by atoms with Gasteiger partial charge in [-0.25, -0.2) is 9.97 Å². The molecule has 4 aromatic rings. The summed E-state index contributed by atoms with van der Waals surface area (Å²) in [5.74, 6) is 0.488. The van der Waals surface area contributed by atoms with Crippen LogP contribution in [0, 0.1) is 10.1 Å². The highest BCUT2D eigenvalue weighted by molar-refractivity contribution is 7.98. The van der Waals surface area contributed by atoms with E-state index in [-0.39, 0.29) is 11.2 Å². The van der Waals surface area contributed by atoms with Crippen LogP contribution in [0.2, 0.25) is 5.02 Å². The van der Waals surface area contributed by atoms with Crippen molar-refractivity contribution < 1.29 is 4.92 Å². The quantitative estimate of drug-likeness (QED) is 0.162. The Hall–Kier alpha value is -3.23. The fourth-order valence-corrected chi connectivity index (χ4v) is 5.16. The van der Waals surface area contributed by atoms with Gasteiger partial charge in [-0.1, -0.05) is 41.6 Å². The van der Waals surface area contributed by atoms with E-state index in [1.165, 1.54) is 23.9 Å². The number of non-ortho nitro benzene ring substituents is 1. The number of hydrogen-bond donors (Lipinski definition) is 0. The minimum atomic E-state index is -0.426. The number of thioether (sulfide) groups is 1. The number of benzene rings is 2. The van der Waals surface area contributed by atoms with Gasteiger partial charge in [0.2, 0.25) is 0 Å². The monoisotopic (exact) mass is 478 g/mol. The Kier molecular flexibility index (Phi) is 5.86. The van der Waals surface area contributed by atoms with Crippen LogP contribution in [0.5, 0.6) is 0 Å². The van der Waals surface area contributed by atoms with E-state index in [4.69, 9.17) is 21.6 Å². The molecule has 0 radical (unpaired) electrons. The number of aryl methyl sites for hydroxylation is 2. The molecule has 9 heteroatoms. The van der Waals surface area contributed by atoms with Gasteiger partial charge >= 0.3 is 0 Å². The van der Waals surface area contributed by atoms with Crippen molar-refractivity contribution in [3.05, 3.63) is 96.9 Å². The molecule has 1 aliphatic carbocycles. The van der Waals surface area contributed by atoms with Crippen molar-refractivity contribution in [2.24, 2.45) is 0 Å². The van der Waals surface area contributed by atoms with Crippen LogP contribution in [0.1, 0.15) is 29.7 Å². The van der Waals surface area contributed by atoms with E-state index in [1.807, 2.05) is 12.1 Å². The summed E-state index contributed by atoms with van der Waals surface area (Å²) in [6.45, 7) is 0. The maximum Gasteiger partial charge on any atom is 0.269 e. The number of nitro benzene ring substituents is 1. The highest BCUT2D eigenvalue weighted by Crippen LogP contribution is 2.28. The first kappa shape index (κ1) is 21.6. The van der Waals surface area contributed by atoms with Crippen LogP contribution in [0.3, 0.4) is 0 Å². The highest BCUT2D eigenvalue weighted by atomic mass is 35.5. The average molecular weight is 479 g/mol. The summed E-state index contributed by atoms with van der Waals surface area (Å²) in [5.41, 5.74) is 3.96. The third kappa shape index (κ3) is 4.36. The third-order valence-corrected chi connectivity index (χ3v) is 6.93. The van der Waals surface area contributed by atoms with Crippen molar-refractivity contribution >= 4 is 40.1 Å². The number of pyridine rings is 1. The van der Waals surface area contributed by atoms with Gasteiger partial charge in [0.05, 0.1) is 16.0 Å². The molecule has 0 amide bonds. The van der Waals surface area contributed by atoms with Crippen molar-refractivity contribution in [2.75, 3.05) is 0 Å². The van der Waals surface area contributed by atoms with Crippen LogP contribution in [0.4, 0.5) is 5.69 Å². The molecule has 7 nitrogen and oxygen atoms in total. The summed E-state index contributed by atoms with van der Waals surface area (Å²) >= 11 is 7.60. The molecule has 0 saturated carbocycles. The second-order valence-corrected chi connectivity index (χ2v) is 9.28. The van der Waals surface area contributed by atoms with E-state index >= 15 is 0 Å². The zero-order valence-corrected chi connectivity index (χ0v) is 19.1. The number of nitrogens with zero attached hydrogens (tertiary/aromatic N) is 4. The fourth-order valence-electron chi connectivity index (χ4n) is 4.01. The molecule has 2 aromatic heterocycles. The van der Waals surface area contributed by atoms with Gasteiger partial charge in [0.15, 0.2) is 10.8 Å². The molecular weight excluding hydrogens is 460 g/mol. The molecule has 166 valence electrons. The van der Waals surface area contributed by atoms with Crippen LogP contribution in [0.15, 0.2) is 64.5 Å². The topological polar surface area (TPSA) is 90.9 Å². The first-order valence-electron chi connectivity index (χ1n) is 10.6. The smallest absolute Gasteiger partial charge is 0.268 e. The average Bonchev–Trinajstić information content (AvgIpc) is 2.82. The van der Waals surface area contributed by atoms with Gasteiger partial charge < -0.3 is 0 Å². The number of hydrogen-bond acceptors (Lipinski definition) is 6. The minimum Gasteiger partial charge on any atom is -0.268 e. The molecule has 5 rings (SSSR count). The van der Waals surface area contributed by atoms with Gasteiger partial charge in [-0.2, -0.15) is 0 Å². The molecule has 0 bridgehead atoms. The van der Waals surface area contributed by atoms with Crippen LogP contribution in [-0.2, 0) is 18.6 Å². The maximum atomic E-state index is 13.6. The molecule has 0 fully saturated rings. The van der Waals surface area contributed by atoms with Crippen molar-refractivity contribution in [2.45, 2.75) is 36.6 Å². The van der Waals surface area contributed by atoms with E-state index in [2.05, 4.69) is 0 Å². The Morgan fingerprint density at radius 2 is 1.85 bits per heavy atom. The lowest BCUT2D eigenvalue weighted by atomic mass is 9.95. The molecule has 0 atom stereocenters. The Bertz CT molecular complexity index is 1440. The van der Waals surface area contributed by atoms with Crippen molar-refractivity contribution in [3.63, 3.8) is 0 Å². The first-order valence-corrected chi connectivity index (χ1v) is 11.9. The SMILES string of the molecule is O=c1c2cc3c(nc2nc(SCc2ccc([N+](=O)[O-])cc2)n1-c1cccc(Cl)c1)CCCC3. The zero-order valence-electron chi connectivity index (χ0n) is 17.5. The molecule has 0 saturated heterocycles. The standard InChI is InChI=1S/C24H19ClN4O3S/c25-17-5-3-6-19(13-17)28-23(30)20-12-16-4-1-2-7-21(16)26-22(20)27-24(28)33-14-15-8-10-18(11-9-15)29(31)32/h3,5-6,8-13H,1-2,4,7,14H2. The molecule has 2 heterocycles. The van der Waals surface area contributed by atoms with Gasteiger partial charge in [0, 0.05) is 28.6 Å². The van der Waals surface area contributed by atoms with Crippen LogP contribution in [-0.4, -0.2) is 19.5 Å². The van der Waals surface area contributed by atoms with E-state index in [0.29, 0.717) is 32.7 Å². The molecule has 0 N–H and O–H groups in total. The van der Waals surface area contributed by atoms with Gasteiger partial charge in [0.25, 0.3) is 11.2 Å². The summed E-state index contributed by atoms with van der Waals surface area (Å²) in [5, 5.41) is 12.4.